The summed E-state index contributed by atoms with van der Waals surface area (Å²) in [4.78, 5) is 13.7. The Balaban J connectivity index is 1.33. The average molecular weight is 485 g/mol. The van der Waals surface area contributed by atoms with E-state index in [2.05, 4.69) is 20.2 Å². The SMILES string of the molecule is O=C(Nc1nnc(Cc2ccccc2)s1)c1ccc(S(=O)(=O)NCCc2cccs2)cc1. The predicted molar refractivity (Wildman–Crippen MR) is 127 cm³/mol. The van der Waals surface area contributed by atoms with Crippen LogP contribution in [0.3, 0.4) is 0 Å². The second-order valence-corrected chi connectivity index (χ2v) is 10.7. The lowest BCUT2D eigenvalue weighted by Crippen LogP contribution is -2.26. The third kappa shape index (κ3) is 5.86. The predicted octanol–water partition coefficient (Wildman–Crippen LogP) is 3.96. The van der Waals surface area contributed by atoms with Gasteiger partial charge in [-0.25, -0.2) is 13.1 Å². The molecule has 1 amide bonds. The standard InChI is InChI=1S/C22H20N4O3S3/c27-21(24-22-26-25-20(31-22)15-16-5-2-1-3-6-16)17-8-10-19(11-9-17)32(28,29)23-13-12-18-7-4-14-30-18/h1-11,14,23H,12-13,15H2,(H,24,26,27). The summed E-state index contributed by atoms with van der Waals surface area (Å²) >= 11 is 2.90. The van der Waals surface area contributed by atoms with Gasteiger partial charge in [0.25, 0.3) is 5.91 Å². The van der Waals surface area contributed by atoms with Crippen LogP contribution in [0.1, 0.15) is 25.8 Å². The molecule has 32 heavy (non-hydrogen) atoms. The van der Waals surface area contributed by atoms with Crippen molar-refractivity contribution in [3.8, 4) is 0 Å². The molecule has 164 valence electrons. The largest absolute Gasteiger partial charge is 0.296 e. The number of nitrogens with one attached hydrogen (secondary N) is 2. The van der Waals surface area contributed by atoms with Gasteiger partial charge in [-0.2, -0.15) is 0 Å². The van der Waals surface area contributed by atoms with Crippen LogP contribution in [0.4, 0.5) is 5.13 Å². The number of hydrogen-bond donors (Lipinski definition) is 2. The normalized spacial score (nSPS) is 11.4. The van der Waals surface area contributed by atoms with Crippen LogP contribution in [-0.4, -0.2) is 31.1 Å². The van der Waals surface area contributed by atoms with E-state index in [0.29, 0.717) is 30.1 Å². The van der Waals surface area contributed by atoms with Gasteiger partial charge < -0.3 is 0 Å². The minimum Gasteiger partial charge on any atom is -0.296 e. The van der Waals surface area contributed by atoms with E-state index in [4.69, 9.17) is 0 Å². The van der Waals surface area contributed by atoms with Gasteiger partial charge in [0.05, 0.1) is 4.90 Å². The number of aromatic nitrogens is 2. The number of benzene rings is 2. The third-order valence-corrected chi connectivity index (χ3v) is 7.81. The summed E-state index contributed by atoms with van der Waals surface area (Å²) < 4.78 is 27.5. The topological polar surface area (TPSA) is 101 Å². The first-order valence-electron chi connectivity index (χ1n) is 9.79. The van der Waals surface area contributed by atoms with Crippen molar-refractivity contribution >= 4 is 43.7 Å². The Bertz CT molecular complexity index is 1270. The summed E-state index contributed by atoms with van der Waals surface area (Å²) in [5, 5.41) is 14.0. The van der Waals surface area contributed by atoms with E-state index in [9.17, 15) is 13.2 Å². The Hall–Kier alpha value is -2.92. The quantitative estimate of drug-likeness (QED) is 0.374. The van der Waals surface area contributed by atoms with Crippen LogP contribution < -0.4 is 10.0 Å². The summed E-state index contributed by atoms with van der Waals surface area (Å²) in [7, 11) is -3.64. The summed E-state index contributed by atoms with van der Waals surface area (Å²) in [6.07, 6.45) is 1.27. The fourth-order valence-electron chi connectivity index (χ4n) is 2.95. The van der Waals surface area contributed by atoms with Crippen molar-refractivity contribution in [1.82, 2.24) is 14.9 Å². The van der Waals surface area contributed by atoms with Gasteiger partial charge in [0.2, 0.25) is 15.2 Å². The summed E-state index contributed by atoms with van der Waals surface area (Å²) in [6.45, 7) is 0.313. The molecule has 0 aliphatic heterocycles. The molecule has 0 spiro atoms. The van der Waals surface area contributed by atoms with Crippen molar-refractivity contribution in [2.75, 3.05) is 11.9 Å². The first kappa shape index (κ1) is 22.3. The van der Waals surface area contributed by atoms with Gasteiger partial charge in [-0.15, -0.1) is 21.5 Å². The molecular formula is C22H20N4O3S3. The fraction of sp³-hybridized carbons (Fsp3) is 0.136. The molecule has 4 rings (SSSR count). The lowest BCUT2D eigenvalue weighted by molar-refractivity contribution is 0.102. The van der Waals surface area contributed by atoms with Crippen LogP contribution in [0.15, 0.2) is 77.0 Å². The Labute approximate surface area is 194 Å². The molecule has 0 saturated heterocycles. The molecule has 10 heteroatoms. The number of carbonyl (C=O) groups excluding carboxylic acids is 1. The zero-order chi connectivity index (χ0) is 22.4. The van der Waals surface area contributed by atoms with Crippen LogP contribution >= 0.6 is 22.7 Å². The van der Waals surface area contributed by atoms with Crippen LogP contribution in [0, 0.1) is 0 Å². The van der Waals surface area contributed by atoms with Gasteiger partial charge in [-0.05, 0) is 47.7 Å². The molecule has 0 radical (unpaired) electrons. The second kappa shape index (κ2) is 10.1. The molecule has 2 aromatic heterocycles. The molecule has 4 aromatic rings. The maximum atomic E-state index is 12.5. The smallest absolute Gasteiger partial charge is 0.257 e. The first-order valence-corrected chi connectivity index (χ1v) is 13.0. The van der Waals surface area contributed by atoms with Gasteiger partial charge in [-0.3, -0.25) is 10.1 Å². The van der Waals surface area contributed by atoms with Gasteiger partial charge in [0, 0.05) is 23.4 Å². The van der Waals surface area contributed by atoms with E-state index in [-0.39, 0.29) is 10.8 Å². The highest BCUT2D eigenvalue weighted by Gasteiger charge is 2.16. The second-order valence-electron chi connectivity index (χ2n) is 6.87. The van der Waals surface area contributed by atoms with Crippen molar-refractivity contribution in [1.29, 1.82) is 0 Å². The molecule has 0 fully saturated rings. The van der Waals surface area contributed by atoms with Crippen LogP contribution in [0.2, 0.25) is 0 Å². The van der Waals surface area contributed by atoms with Crippen LogP contribution in [0.25, 0.3) is 0 Å². The molecule has 7 nitrogen and oxygen atoms in total. The number of anilines is 1. The zero-order valence-corrected chi connectivity index (χ0v) is 19.3. The molecule has 0 atom stereocenters. The highest BCUT2D eigenvalue weighted by atomic mass is 32.2. The monoisotopic (exact) mass is 484 g/mol. The Morgan fingerprint density at radius 3 is 2.44 bits per heavy atom. The lowest BCUT2D eigenvalue weighted by Gasteiger charge is -2.07. The molecule has 0 aliphatic rings. The minimum absolute atomic E-state index is 0.112. The number of sulfonamides is 1. The Morgan fingerprint density at radius 1 is 0.938 bits per heavy atom. The van der Waals surface area contributed by atoms with E-state index >= 15 is 0 Å². The Kier molecular flexibility index (Phi) is 7.05. The minimum atomic E-state index is -3.64. The molecule has 2 heterocycles. The number of thiophene rings is 1. The van der Waals surface area contributed by atoms with Crippen molar-refractivity contribution in [3.05, 3.63) is 93.1 Å². The molecule has 0 saturated carbocycles. The molecule has 0 unspecified atom stereocenters. The van der Waals surface area contributed by atoms with E-state index in [1.807, 2.05) is 47.8 Å². The van der Waals surface area contributed by atoms with Crippen LogP contribution in [-0.2, 0) is 22.9 Å². The summed E-state index contributed by atoms with van der Waals surface area (Å²) in [5.41, 5.74) is 1.45. The van der Waals surface area contributed by atoms with Crippen molar-refractivity contribution in [3.63, 3.8) is 0 Å². The number of carbonyl (C=O) groups is 1. The van der Waals surface area contributed by atoms with E-state index in [1.165, 1.54) is 35.6 Å². The third-order valence-electron chi connectivity index (χ3n) is 4.56. The maximum Gasteiger partial charge on any atom is 0.257 e. The lowest BCUT2D eigenvalue weighted by atomic mass is 10.2. The highest BCUT2D eigenvalue weighted by Crippen LogP contribution is 2.20. The van der Waals surface area contributed by atoms with E-state index < -0.39 is 10.0 Å². The summed E-state index contributed by atoms with van der Waals surface area (Å²) in [5.74, 6) is -0.373. The average Bonchev–Trinajstić information content (AvgIpc) is 3.47. The number of hydrogen-bond acceptors (Lipinski definition) is 7. The molecule has 2 N–H and O–H groups in total. The van der Waals surface area contributed by atoms with Crippen molar-refractivity contribution < 1.29 is 13.2 Å². The zero-order valence-electron chi connectivity index (χ0n) is 16.9. The summed E-state index contributed by atoms with van der Waals surface area (Å²) in [6, 6.07) is 19.6. The van der Waals surface area contributed by atoms with Gasteiger partial charge in [0.1, 0.15) is 5.01 Å². The van der Waals surface area contributed by atoms with Crippen molar-refractivity contribution in [2.45, 2.75) is 17.7 Å². The number of amides is 1. The van der Waals surface area contributed by atoms with Crippen molar-refractivity contribution in [2.24, 2.45) is 0 Å². The van der Waals surface area contributed by atoms with Crippen LogP contribution in [0.5, 0.6) is 0 Å². The molecule has 2 aromatic carbocycles. The van der Waals surface area contributed by atoms with Gasteiger partial charge in [-0.1, -0.05) is 47.7 Å². The fourth-order valence-corrected chi connectivity index (χ4v) is 5.46. The maximum absolute atomic E-state index is 12.5. The molecular weight excluding hydrogens is 464 g/mol. The highest BCUT2D eigenvalue weighted by molar-refractivity contribution is 7.89. The van der Waals surface area contributed by atoms with Gasteiger partial charge in [0.15, 0.2) is 0 Å². The van der Waals surface area contributed by atoms with E-state index in [1.54, 1.807) is 11.3 Å². The molecule has 0 aliphatic carbocycles. The van der Waals surface area contributed by atoms with E-state index in [0.717, 1.165) is 15.4 Å². The Morgan fingerprint density at radius 2 is 1.72 bits per heavy atom. The number of nitrogens with zero attached hydrogens (tertiary/aromatic N) is 2. The first-order chi connectivity index (χ1) is 15.5. The molecule has 0 bridgehead atoms. The number of rotatable bonds is 9. The van der Waals surface area contributed by atoms with Gasteiger partial charge >= 0.3 is 0 Å².